The maximum absolute atomic E-state index is 12.2. The van der Waals surface area contributed by atoms with Gasteiger partial charge in [-0.05, 0) is 45.8 Å². The highest BCUT2D eigenvalue weighted by atomic mass is 79.9. The first kappa shape index (κ1) is 19.8. The van der Waals surface area contributed by atoms with E-state index < -0.39 is 0 Å². The quantitative estimate of drug-likeness (QED) is 0.528. The van der Waals surface area contributed by atoms with Crippen LogP contribution in [-0.2, 0) is 9.53 Å². The third-order valence-electron chi connectivity index (χ3n) is 3.86. The van der Waals surface area contributed by atoms with Gasteiger partial charge in [0.25, 0.3) is 0 Å². The minimum absolute atomic E-state index is 0.0489. The molecule has 1 aliphatic heterocycles. The van der Waals surface area contributed by atoms with E-state index in [0.717, 1.165) is 19.8 Å². The van der Waals surface area contributed by atoms with Crippen LogP contribution in [0.15, 0.2) is 56.7 Å². The Hall–Kier alpha value is -0.980. The van der Waals surface area contributed by atoms with Crippen LogP contribution in [0.2, 0.25) is 10.0 Å². The zero-order valence-corrected chi connectivity index (χ0v) is 17.7. The van der Waals surface area contributed by atoms with E-state index in [9.17, 15) is 4.79 Å². The second kappa shape index (κ2) is 9.29. The number of morpholine rings is 1. The minimum atomic E-state index is -0.0489. The summed E-state index contributed by atoms with van der Waals surface area (Å²) in [6.07, 6.45) is 3.24. The average molecular weight is 473 g/mol. The molecule has 0 radical (unpaired) electrons. The van der Waals surface area contributed by atoms with Crippen LogP contribution in [0.4, 0.5) is 0 Å². The molecule has 0 N–H and O–H groups in total. The lowest BCUT2D eigenvalue weighted by Gasteiger charge is -2.25. The number of hydrogen-bond donors (Lipinski definition) is 0. The van der Waals surface area contributed by atoms with Gasteiger partial charge >= 0.3 is 0 Å². The Morgan fingerprint density at radius 3 is 2.54 bits per heavy atom. The molecule has 3 nitrogen and oxygen atoms in total. The largest absolute Gasteiger partial charge is 0.378 e. The Kier molecular flexibility index (Phi) is 7.06. The number of amides is 1. The molecule has 1 fully saturated rings. The molecule has 1 amide bonds. The highest BCUT2D eigenvalue weighted by molar-refractivity contribution is 9.10. The van der Waals surface area contributed by atoms with Crippen LogP contribution >= 0.6 is 50.9 Å². The molecule has 2 aromatic rings. The lowest BCUT2D eigenvalue weighted by molar-refractivity contribution is -0.129. The number of nitrogens with zero attached hydrogens (tertiary/aromatic N) is 1. The van der Waals surface area contributed by atoms with Crippen molar-refractivity contribution in [2.24, 2.45) is 0 Å². The van der Waals surface area contributed by atoms with Crippen molar-refractivity contribution < 1.29 is 9.53 Å². The Morgan fingerprint density at radius 2 is 1.81 bits per heavy atom. The Morgan fingerprint density at radius 1 is 1.08 bits per heavy atom. The summed E-state index contributed by atoms with van der Waals surface area (Å²) in [5.41, 5.74) is 0.717. The predicted octanol–water partition coefficient (Wildman–Crippen LogP) is 5.78. The van der Waals surface area contributed by atoms with Crippen molar-refractivity contribution >= 4 is 62.9 Å². The zero-order valence-electron chi connectivity index (χ0n) is 13.8. The first-order chi connectivity index (χ1) is 12.6. The van der Waals surface area contributed by atoms with E-state index in [0.29, 0.717) is 36.3 Å². The van der Waals surface area contributed by atoms with Crippen LogP contribution in [0.25, 0.3) is 6.08 Å². The monoisotopic (exact) mass is 471 g/mol. The lowest BCUT2D eigenvalue weighted by Crippen LogP contribution is -2.39. The molecule has 1 heterocycles. The van der Waals surface area contributed by atoms with Gasteiger partial charge in [-0.1, -0.05) is 53.2 Å². The second-order valence-corrected chi connectivity index (χ2v) is 8.28. The van der Waals surface area contributed by atoms with Gasteiger partial charge in [0.2, 0.25) is 5.91 Å². The highest BCUT2D eigenvalue weighted by Gasteiger charge is 2.15. The van der Waals surface area contributed by atoms with E-state index in [1.807, 2.05) is 36.4 Å². The molecular formula is C19H16BrCl2NO2S. The molecule has 7 heteroatoms. The number of carbonyl (C=O) groups is 1. The summed E-state index contributed by atoms with van der Waals surface area (Å²) in [6, 6.07) is 11.7. The normalized spacial score (nSPS) is 14.8. The van der Waals surface area contributed by atoms with E-state index in [4.69, 9.17) is 27.9 Å². The van der Waals surface area contributed by atoms with Gasteiger partial charge in [0, 0.05) is 33.4 Å². The smallest absolute Gasteiger partial charge is 0.246 e. The van der Waals surface area contributed by atoms with Crippen LogP contribution in [0.5, 0.6) is 0 Å². The molecule has 1 saturated heterocycles. The molecule has 0 saturated carbocycles. The van der Waals surface area contributed by atoms with Gasteiger partial charge < -0.3 is 9.64 Å². The summed E-state index contributed by atoms with van der Waals surface area (Å²) in [4.78, 5) is 15.9. The Bertz CT molecular complexity index is 838. The standard InChI is InChI=1S/C19H16BrCl2NO2S/c20-14-3-1-2-4-15(14)26-16-7-5-13(18(21)19(16)22)6-8-17(24)23-9-11-25-12-10-23/h1-8H,9-12H2. The summed E-state index contributed by atoms with van der Waals surface area (Å²) in [5, 5.41) is 0.920. The SMILES string of the molecule is O=C(C=Cc1ccc(Sc2ccccc2Br)c(Cl)c1Cl)N1CCOCC1. The molecule has 0 aromatic heterocycles. The van der Waals surface area contributed by atoms with E-state index >= 15 is 0 Å². The Labute approximate surface area is 175 Å². The lowest BCUT2D eigenvalue weighted by atomic mass is 10.2. The predicted molar refractivity (Wildman–Crippen MR) is 111 cm³/mol. The van der Waals surface area contributed by atoms with Crippen LogP contribution in [0.1, 0.15) is 5.56 Å². The molecule has 3 rings (SSSR count). The van der Waals surface area contributed by atoms with Crippen molar-refractivity contribution in [3.8, 4) is 0 Å². The molecule has 26 heavy (non-hydrogen) atoms. The fourth-order valence-corrected chi connectivity index (χ4v) is 4.43. The van der Waals surface area contributed by atoms with Crippen LogP contribution < -0.4 is 0 Å². The number of benzene rings is 2. The van der Waals surface area contributed by atoms with Crippen LogP contribution in [0, 0.1) is 0 Å². The van der Waals surface area contributed by atoms with Crippen LogP contribution in [0.3, 0.4) is 0 Å². The van der Waals surface area contributed by atoms with Crippen molar-refractivity contribution in [1.29, 1.82) is 0 Å². The second-order valence-electron chi connectivity index (χ2n) is 5.58. The van der Waals surface area contributed by atoms with Crippen molar-refractivity contribution in [1.82, 2.24) is 4.90 Å². The number of ether oxygens (including phenoxy) is 1. The average Bonchev–Trinajstić information content (AvgIpc) is 2.67. The number of halogens is 3. The molecule has 0 spiro atoms. The van der Waals surface area contributed by atoms with Gasteiger partial charge in [0.1, 0.15) is 0 Å². The van der Waals surface area contributed by atoms with Gasteiger partial charge in [0.15, 0.2) is 0 Å². The number of hydrogen-bond acceptors (Lipinski definition) is 3. The molecule has 0 aliphatic carbocycles. The minimum Gasteiger partial charge on any atom is -0.378 e. The van der Waals surface area contributed by atoms with E-state index in [2.05, 4.69) is 15.9 Å². The van der Waals surface area contributed by atoms with Crippen molar-refractivity contribution in [2.45, 2.75) is 9.79 Å². The summed E-state index contributed by atoms with van der Waals surface area (Å²) in [7, 11) is 0. The topological polar surface area (TPSA) is 29.5 Å². The van der Waals surface area contributed by atoms with Crippen molar-refractivity contribution in [2.75, 3.05) is 26.3 Å². The van der Waals surface area contributed by atoms with Gasteiger partial charge in [-0.25, -0.2) is 0 Å². The van der Waals surface area contributed by atoms with Gasteiger partial charge in [0.05, 0.1) is 23.3 Å². The fourth-order valence-electron chi connectivity index (χ4n) is 2.45. The van der Waals surface area contributed by atoms with E-state index in [-0.39, 0.29) is 5.91 Å². The van der Waals surface area contributed by atoms with Gasteiger partial charge in [-0.3, -0.25) is 4.79 Å². The van der Waals surface area contributed by atoms with E-state index in [1.165, 1.54) is 17.8 Å². The van der Waals surface area contributed by atoms with Crippen molar-refractivity contribution in [3.63, 3.8) is 0 Å². The maximum Gasteiger partial charge on any atom is 0.246 e. The molecule has 136 valence electrons. The third-order valence-corrected chi connectivity index (χ3v) is 6.96. The zero-order chi connectivity index (χ0) is 18.5. The van der Waals surface area contributed by atoms with E-state index in [1.54, 1.807) is 11.0 Å². The van der Waals surface area contributed by atoms with Crippen molar-refractivity contribution in [3.05, 3.63) is 62.6 Å². The van der Waals surface area contributed by atoms with Gasteiger partial charge in [-0.2, -0.15) is 0 Å². The number of rotatable bonds is 4. The molecule has 1 aliphatic rings. The molecule has 0 bridgehead atoms. The molecule has 2 aromatic carbocycles. The first-order valence-corrected chi connectivity index (χ1v) is 10.4. The summed E-state index contributed by atoms with van der Waals surface area (Å²) in [6.45, 7) is 2.37. The summed E-state index contributed by atoms with van der Waals surface area (Å²) < 4.78 is 6.25. The Balaban J connectivity index is 1.75. The highest BCUT2D eigenvalue weighted by Crippen LogP contribution is 2.41. The first-order valence-electron chi connectivity index (χ1n) is 8.01. The maximum atomic E-state index is 12.2. The van der Waals surface area contributed by atoms with Gasteiger partial charge in [-0.15, -0.1) is 0 Å². The van der Waals surface area contributed by atoms with Crippen LogP contribution in [-0.4, -0.2) is 37.1 Å². The molecular weight excluding hydrogens is 457 g/mol. The third kappa shape index (κ3) is 4.84. The molecule has 0 unspecified atom stereocenters. The summed E-state index contributed by atoms with van der Waals surface area (Å²) >= 11 is 17.9. The fraction of sp³-hybridized carbons (Fsp3) is 0.211. The molecule has 0 atom stereocenters. The summed E-state index contributed by atoms with van der Waals surface area (Å²) in [5.74, 6) is -0.0489. The number of carbonyl (C=O) groups excluding carboxylic acids is 1.